The predicted molar refractivity (Wildman–Crippen MR) is 84.1 cm³/mol. The summed E-state index contributed by atoms with van der Waals surface area (Å²) in [5.74, 6) is 1.65. The Morgan fingerprint density at radius 2 is 2.05 bits per heavy atom. The second-order valence-electron chi connectivity index (χ2n) is 5.15. The monoisotopic (exact) mass is 277 g/mol. The number of aromatic nitrogens is 1. The highest BCUT2D eigenvalue weighted by molar-refractivity contribution is 5.82. The number of pyridine rings is 1. The van der Waals surface area contributed by atoms with Crippen LogP contribution >= 0.6 is 0 Å². The van der Waals surface area contributed by atoms with E-state index in [1.54, 1.807) is 0 Å². The van der Waals surface area contributed by atoms with Crippen LogP contribution in [0.3, 0.4) is 0 Å². The minimum atomic E-state index is 0. The number of carbonyl (C=O) groups excluding carboxylic acids is 1. The largest absolute Gasteiger partial charge is 0.346 e. The highest BCUT2D eigenvalue weighted by Crippen LogP contribution is 2.20. The van der Waals surface area contributed by atoms with Gasteiger partial charge in [0.2, 0.25) is 5.91 Å². The minimum Gasteiger partial charge on any atom is -0.346 e. The molecule has 0 aromatic carbocycles. The van der Waals surface area contributed by atoms with E-state index in [1.165, 1.54) is 5.56 Å². The average Bonchev–Trinajstić information content (AvgIpc) is 2.46. The van der Waals surface area contributed by atoms with Crippen molar-refractivity contribution in [2.45, 2.75) is 40.5 Å². The summed E-state index contributed by atoms with van der Waals surface area (Å²) in [6.07, 6.45) is 3.06. The lowest BCUT2D eigenvalue weighted by Crippen LogP contribution is -2.50. The summed E-state index contributed by atoms with van der Waals surface area (Å²) < 4.78 is 0. The predicted octanol–water partition coefficient (Wildman–Crippen LogP) is 2.90. The molecule has 0 saturated carbocycles. The number of piperazine rings is 1. The third-order valence-corrected chi connectivity index (χ3v) is 3.98. The van der Waals surface area contributed by atoms with Gasteiger partial charge in [-0.3, -0.25) is 4.79 Å². The van der Waals surface area contributed by atoms with Gasteiger partial charge in [-0.05, 0) is 30.9 Å². The zero-order chi connectivity index (χ0) is 13.8. The fraction of sp³-hybridized carbons (Fsp3) is 0.625. The smallest absolute Gasteiger partial charge is 0.242 e. The summed E-state index contributed by atoms with van der Waals surface area (Å²) in [7, 11) is 0. The summed E-state index contributed by atoms with van der Waals surface area (Å²) in [6, 6.07) is 4.17. The number of rotatable bonds is 4. The van der Waals surface area contributed by atoms with Crippen LogP contribution in [0.4, 0.5) is 5.82 Å². The Morgan fingerprint density at radius 1 is 1.30 bits per heavy atom. The molecule has 112 valence electrons. The van der Waals surface area contributed by atoms with E-state index >= 15 is 0 Å². The van der Waals surface area contributed by atoms with E-state index in [2.05, 4.69) is 29.8 Å². The lowest BCUT2D eigenvalue weighted by atomic mass is 10.0. The van der Waals surface area contributed by atoms with Gasteiger partial charge in [0.15, 0.2) is 0 Å². The molecule has 0 bridgehead atoms. The van der Waals surface area contributed by atoms with Crippen LogP contribution in [0.1, 0.15) is 46.1 Å². The third-order valence-electron chi connectivity index (χ3n) is 3.98. The summed E-state index contributed by atoms with van der Waals surface area (Å²) in [6.45, 7) is 9.32. The van der Waals surface area contributed by atoms with Crippen LogP contribution in [0.2, 0.25) is 0 Å². The first-order chi connectivity index (χ1) is 9.15. The van der Waals surface area contributed by atoms with Crippen LogP contribution in [0, 0.1) is 0 Å². The van der Waals surface area contributed by atoms with Crippen molar-refractivity contribution in [1.29, 1.82) is 0 Å². The van der Waals surface area contributed by atoms with Gasteiger partial charge >= 0.3 is 0 Å². The molecule has 0 spiro atoms. The Labute approximate surface area is 122 Å². The normalized spacial score (nSPS) is 16.9. The summed E-state index contributed by atoms with van der Waals surface area (Å²) in [5.41, 5.74) is 1.27. The zero-order valence-electron chi connectivity index (χ0n) is 12.1. The maximum atomic E-state index is 11.9. The van der Waals surface area contributed by atoms with Crippen molar-refractivity contribution in [1.82, 2.24) is 9.88 Å². The van der Waals surface area contributed by atoms with Crippen LogP contribution in [0.15, 0.2) is 18.3 Å². The van der Waals surface area contributed by atoms with E-state index in [4.69, 9.17) is 0 Å². The number of amides is 1. The molecule has 0 aliphatic carbocycles. The number of hydrogen-bond donors (Lipinski definition) is 0. The molecule has 4 heteroatoms. The fourth-order valence-corrected chi connectivity index (χ4v) is 2.35. The van der Waals surface area contributed by atoms with Gasteiger partial charge in [-0.15, -0.1) is 0 Å². The van der Waals surface area contributed by atoms with E-state index in [-0.39, 0.29) is 13.3 Å². The van der Waals surface area contributed by atoms with Gasteiger partial charge in [0.05, 0.1) is 6.54 Å². The van der Waals surface area contributed by atoms with E-state index in [0.717, 1.165) is 31.9 Å². The summed E-state index contributed by atoms with van der Waals surface area (Å²) in [5, 5.41) is 0. The molecule has 20 heavy (non-hydrogen) atoms. The first-order valence-corrected chi connectivity index (χ1v) is 7.14. The van der Waals surface area contributed by atoms with Crippen LogP contribution in [0.25, 0.3) is 0 Å². The molecule has 1 aliphatic rings. The number of nitrogens with zero attached hydrogens (tertiary/aromatic N) is 3. The maximum Gasteiger partial charge on any atom is 0.242 e. The molecule has 1 amide bonds. The van der Waals surface area contributed by atoms with Crippen molar-refractivity contribution in [3.05, 3.63) is 23.9 Å². The topological polar surface area (TPSA) is 36.4 Å². The van der Waals surface area contributed by atoms with Gasteiger partial charge in [0.1, 0.15) is 5.82 Å². The first kappa shape index (κ1) is 16.5. The Kier molecular flexibility index (Phi) is 5.99. The molecule has 4 nitrogen and oxygen atoms in total. The lowest BCUT2D eigenvalue weighted by molar-refractivity contribution is -0.130. The van der Waals surface area contributed by atoms with Crippen molar-refractivity contribution in [2.75, 3.05) is 31.1 Å². The van der Waals surface area contributed by atoms with Gasteiger partial charge in [-0.25, -0.2) is 4.98 Å². The molecule has 1 aromatic heterocycles. The Hall–Kier alpha value is -1.58. The zero-order valence-corrected chi connectivity index (χ0v) is 12.1. The Balaban J connectivity index is 0.00000200. The molecular weight excluding hydrogens is 250 g/mol. The van der Waals surface area contributed by atoms with Crippen LogP contribution in [-0.4, -0.2) is 42.0 Å². The molecular formula is C16H27N3O. The highest BCUT2D eigenvalue weighted by Gasteiger charge is 2.23. The van der Waals surface area contributed by atoms with Crippen molar-refractivity contribution in [2.24, 2.45) is 0 Å². The standard InChI is InChI=1S/C15H23N3O.CH4/c1-4-12(3)13-6-7-14(16-10-13)18-9-8-17(5-2)15(19)11-18;/h6-7,10,12H,4-5,8-9,11H2,1-3H3;1H4. The summed E-state index contributed by atoms with van der Waals surface area (Å²) in [4.78, 5) is 20.4. The molecule has 2 rings (SSSR count). The fourth-order valence-electron chi connectivity index (χ4n) is 2.35. The van der Waals surface area contributed by atoms with Crippen LogP contribution in [0.5, 0.6) is 0 Å². The van der Waals surface area contributed by atoms with E-state index in [0.29, 0.717) is 12.5 Å². The lowest BCUT2D eigenvalue weighted by Gasteiger charge is -2.34. The van der Waals surface area contributed by atoms with Gasteiger partial charge in [0, 0.05) is 25.8 Å². The van der Waals surface area contributed by atoms with Crippen molar-refractivity contribution in [3.8, 4) is 0 Å². The van der Waals surface area contributed by atoms with Gasteiger partial charge in [-0.2, -0.15) is 0 Å². The SMILES string of the molecule is C.CCC(C)c1ccc(N2CCN(CC)C(=O)C2)nc1. The van der Waals surface area contributed by atoms with Crippen molar-refractivity contribution < 1.29 is 4.79 Å². The Bertz CT molecular complexity index is 430. The number of likely N-dealkylation sites (N-methyl/N-ethyl adjacent to an activating group) is 1. The molecule has 1 saturated heterocycles. The van der Waals surface area contributed by atoms with Crippen molar-refractivity contribution >= 4 is 11.7 Å². The van der Waals surface area contributed by atoms with Gasteiger partial charge in [0.25, 0.3) is 0 Å². The number of carbonyl (C=O) groups is 1. The van der Waals surface area contributed by atoms with Crippen molar-refractivity contribution in [3.63, 3.8) is 0 Å². The number of anilines is 1. The summed E-state index contributed by atoms with van der Waals surface area (Å²) >= 11 is 0. The minimum absolute atomic E-state index is 0. The molecule has 1 aliphatic heterocycles. The van der Waals surface area contributed by atoms with Crippen LogP contribution in [-0.2, 0) is 4.79 Å². The second-order valence-corrected chi connectivity index (χ2v) is 5.15. The average molecular weight is 277 g/mol. The van der Waals surface area contributed by atoms with Gasteiger partial charge in [-0.1, -0.05) is 27.3 Å². The highest BCUT2D eigenvalue weighted by atomic mass is 16.2. The first-order valence-electron chi connectivity index (χ1n) is 7.14. The third kappa shape index (κ3) is 3.50. The van der Waals surface area contributed by atoms with E-state index < -0.39 is 0 Å². The molecule has 1 unspecified atom stereocenters. The maximum absolute atomic E-state index is 11.9. The van der Waals surface area contributed by atoms with E-state index in [1.807, 2.05) is 24.1 Å². The van der Waals surface area contributed by atoms with Gasteiger partial charge < -0.3 is 9.80 Å². The van der Waals surface area contributed by atoms with E-state index in [9.17, 15) is 4.79 Å². The second kappa shape index (κ2) is 7.27. The molecule has 0 radical (unpaired) electrons. The molecule has 1 atom stereocenters. The molecule has 2 heterocycles. The van der Waals surface area contributed by atoms with Crippen LogP contribution < -0.4 is 4.90 Å². The quantitative estimate of drug-likeness (QED) is 0.849. The molecule has 1 aromatic rings. The number of hydrogen-bond acceptors (Lipinski definition) is 3. The molecule has 0 N–H and O–H groups in total. The molecule has 1 fully saturated rings. The Morgan fingerprint density at radius 3 is 2.55 bits per heavy atom.